The summed E-state index contributed by atoms with van der Waals surface area (Å²) in [6.45, 7) is 2.12. The van der Waals surface area contributed by atoms with Crippen LogP contribution >= 0.6 is 0 Å². The molecule has 3 nitrogen and oxygen atoms in total. The van der Waals surface area contributed by atoms with E-state index < -0.39 is 5.91 Å². The number of primary amides is 1. The average molecular weight is 390 g/mol. The van der Waals surface area contributed by atoms with Crippen molar-refractivity contribution in [3.8, 4) is 11.1 Å². The molecule has 0 atom stereocenters. The number of fused-ring (bicyclic) bond motifs is 2. The number of carbonyl (C=O) groups is 1. The third kappa shape index (κ3) is 3.05. The van der Waals surface area contributed by atoms with Crippen molar-refractivity contribution in [1.29, 1.82) is 0 Å². The second-order valence-corrected chi connectivity index (χ2v) is 7.72. The Morgan fingerprint density at radius 3 is 2.30 bits per heavy atom. The van der Waals surface area contributed by atoms with Crippen LogP contribution in [0.3, 0.4) is 0 Å². The van der Waals surface area contributed by atoms with Crippen LogP contribution in [-0.2, 0) is 6.42 Å². The fourth-order valence-corrected chi connectivity index (χ4v) is 4.34. The predicted molar refractivity (Wildman–Crippen MR) is 124 cm³/mol. The van der Waals surface area contributed by atoms with Crippen molar-refractivity contribution >= 4 is 27.6 Å². The van der Waals surface area contributed by atoms with Crippen LogP contribution in [0.4, 0.5) is 0 Å². The van der Waals surface area contributed by atoms with Crippen molar-refractivity contribution in [1.82, 2.24) is 4.98 Å². The molecule has 1 heterocycles. The Bertz CT molecular complexity index is 1390. The van der Waals surface area contributed by atoms with Gasteiger partial charge in [-0.3, -0.25) is 4.79 Å². The maximum Gasteiger partial charge on any atom is 0.249 e. The molecule has 146 valence electrons. The van der Waals surface area contributed by atoms with E-state index in [4.69, 9.17) is 5.73 Å². The zero-order valence-electron chi connectivity index (χ0n) is 16.8. The van der Waals surface area contributed by atoms with Crippen molar-refractivity contribution in [3.63, 3.8) is 0 Å². The third-order valence-electron chi connectivity index (χ3n) is 5.85. The van der Waals surface area contributed by atoms with Gasteiger partial charge in [-0.1, -0.05) is 72.8 Å². The van der Waals surface area contributed by atoms with E-state index in [2.05, 4.69) is 66.5 Å². The van der Waals surface area contributed by atoms with Crippen molar-refractivity contribution in [3.05, 3.63) is 107 Å². The highest BCUT2D eigenvalue weighted by Gasteiger charge is 2.14. The van der Waals surface area contributed by atoms with Gasteiger partial charge in [0.1, 0.15) is 0 Å². The van der Waals surface area contributed by atoms with Crippen LogP contribution in [0, 0.1) is 6.92 Å². The number of aryl methyl sites for hydroxylation is 1. The van der Waals surface area contributed by atoms with E-state index in [0.717, 1.165) is 28.3 Å². The highest BCUT2D eigenvalue weighted by Crippen LogP contribution is 2.33. The normalized spacial score (nSPS) is 11.2. The number of carbonyl (C=O) groups excluding carboxylic acids is 1. The molecule has 0 radical (unpaired) electrons. The number of aromatic nitrogens is 1. The maximum absolute atomic E-state index is 12.1. The highest BCUT2D eigenvalue weighted by atomic mass is 16.1. The molecule has 0 saturated carbocycles. The summed E-state index contributed by atoms with van der Waals surface area (Å²) in [5.41, 5.74) is 13.1. The molecule has 1 amide bonds. The first-order valence-electron chi connectivity index (χ1n) is 10.1. The molecule has 0 spiro atoms. The molecule has 30 heavy (non-hydrogen) atoms. The van der Waals surface area contributed by atoms with E-state index in [1.54, 1.807) is 0 Å². The topological polar surface area (TPSA) is 58.9 Å². The van der Waals surface area contributed by atoms with Crippen LogP contribution in [-0.4, -0.2) is 10.9 Å². The van der Waals surface area contributed by atoms with Crippen LogP contribution < -0.4 is 5.73 Å². The minimum absolute atomic E-state index is 0.408. The van der Waals surface area contributed by atoms with Gasteiger partial charge in [-0.05, 0) is 52.9 Å². The molecule has 5 rings (SSSR count). The van der Waals surface area contributed by atoms with E-state index in [1.165, 1.54) is 27.7 Å². The minimum atomic E-state index is -0.408. The lowest BCUT2D eigenvalue weighted by Crippen LogP contribution is -2.12. The summed E-state index contributed by atoms with van der Waals surface area (Å²) in [4.78, 5) is 15.6. The van der Waals surface area contributed by atoms with Crippen molar-refractivity contribution in [2.45, 2.75) is 13.3 Å². The molecule has 0 fully saturated rings. The molecule has 0 aliphatic heterocycles. The van der Waals surface area contributed by atoms with Gasteiger partial charge in [-0.25, -0.2) is 0 Å². The van der Waals surface area contributed by atoms with Crippen molar-refractivity contribution in [2.75, 3.05) is 0 Å². The van der Waals surface area contributed by atoms with Crippen LogP contribution in [0.1, 0.15) is 27.2 Å². The Kier molecular flexibility index (Phi) is 4.36. The number of H-pyrrole nitrogens is 1. The summed E-state index contributed by atoms with van der Waals surface area (Å²) in [5.74, 6) is -0.408. The van der Waals surface area contributed by atoms with Gasteiger partial charge in [-0.15, -0.1) is 0 Å². The number of hydrogen-bond acceptors (Lipinski definition) is 1. The summed E-state index contributed by atoms with van der Waals surface area (Å²) in [7, 11) is 0. The van der Waals surface area contributed by atoms with Crippen molar-refractivity contribution in [2.24, 2.45) is 5.73 Å². The second-order valence-electron chi connectivity index (χ2n) is 7.72. The summed E-state index contributed by atoms with van der Waals surface area (Å²) in [6.07, 6.45) is 0.855. The lowest BCUT2D eigenvalue weighted by Gasteiger charge is -2.12. The van der Waals surface area contributed by atoms with E-state index in [0.29, 0.717) is 5.56 Å². The molecule has 3 heteroatoms. The lowest BCUT2D eigenvalue weighted by molar-refractivity contribution is 0.100. The van der Waals surface area contributed by atoms with Gasteiger partial charge in [0.05, 0.1) is 0 Å². The first kappa shape index (κ1) is 18.2. The Morgan fingerprint density at radius 2 is 1.53 bits per heavy atom. The van der Waals surface area contributed by atoms with Gasteiger partial charge in [-0.2, -0.15) is 0 Å². The minimum Gasteiger partial charge on any atom is -0.366 e. The van der Waals surface area contributed by atoms with Gasteiger partial charge in [0.25, 0.3) is 0 Å². The SMILES string of the molecule is Cc1[nH]c2ccccc2c1Cc1ccc(-c2c(C(N)=O)ccc3ccccc23)cc1. The van der Waals surface area contributed by atoms with E-state index in [-0.39, 0.29) is 0 Å². The number of aromatic amines is 1. The summed E-state index contributed by atoms with van der Waals surface area (Å²) in [6, 6.07) is 28.7. The van der Waals surface area contributed by atoms with E-state index in [1.807, 2.05) is 30.3 Å². The maximum atomic E-state index is 12.1. The smallest absolute Gasteiger partial charge is 0.249 e. The molecule has 0 bridgehead atoms. The number of benzene rings is 4. The van der Waals surface area contributed by atoms with Crippen LogP contribution in [0.2, 0.25) is 0 Å². The van der Waals surface area contributed by atoms with Crippen LogP contribution in [0.5, 0.6) is 0 Å². The Labute approximate surface area is 175 Å². The monoisotopic (exact) mass is 390 g/mol. The summed E-state index contributed by atoms with van der Waals surface area (Å²) in [5, 5.41) is 3.40. The third-order valence-corrected chi connectivity index (χ3v) is 5.85. The fourth-order valence-electron chi connectivity index (χ4n) is 4.34. The fraction of sp³-hybridized carbons (Fsp3) is 0.0741. The quantitative estimate of drug-likeness (QED) is 0.389. The lowest BCUT2D eigenvalue weighted by atomic mass is 9.92. The highest BCUT2D eigenvalue weighted by molar-refractivity contribution is 6.09. The zero-order chi connectivity index (χ0) is 20.7. The number of nitrogens with one attached hydrogen (secondary N) is 1. The summed E-state index contributed by atoms with van der Waals surface area (Å²) >= 11 is 0. The number of rotatable bonds is 4. The van der Waals surface area contributed by atoms with E-state index in [9.17, 15) is 4.79 Å². The largest absolute Gasteiger partial charge is 0.366 e. The zero-order valence-corrected chi connectivity index (χ0v) is 16.8. The van der Waals surface area contributed by atoms with Gasteiger partial charge < -0.3 is 10.7 Å². The number of hydrogen-bond donors (Lipinski definition) is 2. The van der Waals surface area contributed by atoms with Gasteiger partial charge >= 0.3 is 0 Å². The van der Waals surface area contributed by atoms with Gasteiger partial charge in [0.15, 0.2) is 0 Å². The molecule has 1 aromatic heterocycles. The number of para-hydroxylation sites is 1. The Balaban J connectivity index is 1.57. The average Bonchev–Trinajstić information content (AvgIpc) is 3.08. The van der Waals surface area contributed by atoms with Gasteiger partial charge in [0, 0.05) is 27.7 Å². The molecular formula is C27H22N2O. The molecule has 0 saturated heterocycles. The Morgan fingerprint density at radius 1 is 0.833 bits per heavy atom. The first-order valence-corrected chi connectivity index (χ1v) is 10.1. The molecule has 0 unspecified atom stereocenters. The molecular weight excluding hydrogens is 368 g/mol. The first-order chi connectivity index (χ1) is 14.6. The number of nitrogens with two attached hydrogens (primary N) is 1. The van der Waals surface area contributed by atoms with Crippen LogP contribution in [0.25, 0.3) is 32.8 Å². The molecule has 0 aliphatic rings. The molecule has 5 aromatic rings. The Hall–Kier alpha value is -3.85. The van der Waals surface area contributed by atoms with Gasteiger partial charge in [0.2, 0.25) is 5.91 Å². The number of amides is 1. The molecule has 3 N–H and O–H groups in total. The molecule has 0 aliphatic carbocycles. The summed E-state index contributed by atoms with van der Waals surface area (Å²) < 4.78 is 0. The standard InChI is InChI=1S/C27H22N2O/c1-17-24(22-8-4-5-9-25(22)29-17)16-18-10-12-20(13-11-18)26-21-7-3-2-6-19(21)14-15-23(26)27(28)30/h2-15,29H,16H2,1H3,(H2,28,30). The van der Waals surface area contributed by atoms with Crippen LogP contribution in [0.15, 0.2) is 84.9 Å². The predicted octanol–water partition coefficient (Wildman–Crippen LogP) is 5.99. The van der Waals surface area contributed by atoms with E-state index >= 15 is 0 Å². The molecule has 4 aromatic carbocycles. The van der Waals surface area contributed by atoms with Crippen molar-refractivity contribution < 1.29 is 4.79 Å². The second kappa shape index (κ2) is 7.20.